The van der Waals surface area contributed by atoms with Gasteiger partial charge in [0.1, 0.15) is 11.6 Å². The summed E-state index contributed by atoms with van der Waals surface area (Å²) < 4.78 is 10.8. The van der Waals surface area contributed by atoms with Crippen molar-refractivity contribution in [3.8, 4) is 11.6 Å². The number of hydrogen-bond donors (Lipinski definition) is 1. The van der Waals surface area contributed by atoms with Gasteiger partial charge in [0, 0.05) is 0 Å². The molecule has 2 heterocycles. The fraction of sp³-hybridized carbons (Fsp3) is 0.154. The van der Waals surface area contributed by atoms with Crippen LogP contribution in [0.1, 0.15) is 11.1 Å². The van der Waals surface area contributed by atoms with E-state index >= 15 is 0 Å². The van der Waals surface area contributed by atoms with Gasteiger partial charge < -0.3 is 19.4 Å². The molecule has 0 aliphatic carbocycles. The summed E-state index contributed by atoms with van der Waals surface area (Å²) in [6, 6.07) is 9.10. The standard InChI is InChI=1S/C13H11BNO3.Rb/c1-9-3-2-6-15-13(9)18-11-4-5-12-10(7-11)8-17-14(12)16;/h2-5,7,16H,8H2,1H3;/q-1;+1. The van der Waals surface area contributed by atoms with Gasteiger partial charge >= 0.3 is 65.3 Å². The van der Waals surface area contributed by atoms with Crippen molar-refractivity contribution in [1.29, 1.82) is 0 Å². The number of rotatable bonds is 2. The smallest absolute Gasteiger partial charge is 0.499 e. The zero-order valence-electron chi connectivity index (χ0n) is 10.9. The van der Waals surface area contributed by atoms with E-state index in [9.17, 15) is 5.02 Å². The van der Waals surface area contributed by atoms with Crippen LogP contribution in [0.2, 0.25) is 0 Å². The molecule has 0 saturated carbocycles. The van der Waals surface area contributed by atoms with Gasteiger partial charge in [-0.15, -0.1) is 0 Å². The van der Waals surface area contributed by atoms with Crippen LogP contribution in [-0.4, -0.2) is 17.1 Å². The summed E-state index contributed by atoms with van der Waals surface area (Å²) in [4.78, 5) is 4.05. The maximum atomic E-state index is 9.53. The first kappa shape index (κ1) is 15.4. The first-order chi connectivity index (χ1) is 8.74. The quantitative estimate of drug-likeness (QED) is 0.523. The van der Waals surface area contributed by atoms with Crippen molar-refractivity contribution >= 4 is 12.6 Å². The predicted molar refractivity (Wildman–Crippen MR) is 66.7 cm³/mol. The van der Waals surface area contributed by atoms with Gasteiger partial charge in [-0.3, -0.25) is 0 Å². The molecule has 6 heteroatoms. The van der Waals surface area contributed by atoms with Gasteiger partial charge in [0.15, 0.2) is 0 Å². The molecule has 4 nitrogen and oxygen atoms in total. The Hall–Kier alpha value is -0.0399. The van der Waals surface area contributed by atoms with E-state index in [-0.39, 0.29) is 58.2 Å². The molecule has 0 unspecified atom stereocenters. The molecule has 0 amide bonds. The van der Waals surface area contributed by atoms with Crippen LogP contribution >= 0.6 is 0 Å². The van der Waals surface area contributed by atoms with Crippen LogP contribution in [0.3, 0.4) is 0 Å². The fourth-order valence-electron chi connectivity index (χ4n) is 1.90. The van der Waals surface area contributed by atoms with Crippen LogP contribution < -0.4 is 68.4 Å². The van der Waals surface area contributed by atoms with E-state index in [1.54, 1.807) is 12.1 Å². The Morgan fingerprint density at radius 2 is 2.26 bits per heavy atom. The molecule has 0 atom stereocenters. The molecule has 0 saturated heterocycles. The summed E-state index contributed by atoms with van der Waals surface area (Å²) in [7, 11) is -0.820. The molecule has 0 radical (unpaired) electrons. The normalized spacial score (nSPS) is 12.8. The second kappa shape index (κ2) is 6.61. The van der Waals surface area contributed by atoms with Crippen molar-refractivity contribution in [3.63, 3.8) is 0 Å². The predicted octanol–water partition coefficient (Wildman–Crippen LogP) is -1.80. The van der Waals surface area contributed by atoms with Crippen molar-refractivity contribution in [1.82, 2.24) is 4.98 Å². The zero-order chi connectivity index (χ0) is 12.5. The average Bonchev–Trinajstić information content (AvgIpc) is 2.74. The molecule has 0 bridgehead atoms. The van der Waals surface area contributed by atoms with E-state index in [4.69, 9.17) is 9.39 Å². The Morgan fingerprint density at radius 3 is 3.05 bits per heavy atom. The van der Waals surface area contributed by atoms with Gasteiger partial charge in [0.25, 0.3) is 0 Å². The third-order valence-corrected chi connectivity index (χ3v) is 2.90. The monoisotopic (exact) mass is 325 g/mol. The van der Waals surface area contributed by atoms with E-state index in [1.165, 1.54) is 0 Å². The molecule has 0 fully saturated rings. The number of nitrogens with zero attached hydrogens (tertiary/aromatic N) is 1. The van der Waals surface area contributed by atoms with Crippen LogP contribution in [0.15, 0.2) is 30.3 Å². The molecular formula is C13H11BNO3Rb. The van der Waals surface area contributed by atoms with Crippen LogP contribution in [0.25, 0.3) is 0 Å². The van der Waals surface area contributed by atoms with Gasteiger partial charge in [0.2, 0.25) is 0 Å². The Morgan fingerprint density at radius 1 is 1.42 bits per heavy atom. The van der Waals surface area contributed by atoms with Gasteiger partial charge in [-0.25, -0.2) is 0 Å². The van der Waals surface area contributed by atoms with Gasteiger partial charge in [0.05, 0.1) is 6.61 Å². The van der Waals surface area contributed by atoms with E-state index < -0.39 is 7.12 Å². The minimum Gasteiger partial charge on any atom is -0.499 e. The molecule has 1 N–H and O–H groups in total. The topological polar surface area (TPSA) is 51.6 Å². The summed E-state index contributed by atoms with van der Waals surface area (Å²) in [5, 5.41) is 9.53. The number of aromatic nitrogens is 1. The third-order valence-electron chi connectivity index (χ3n) is 2.90. The average molecular weight is 326 g/mol. The number of fused-ring (bicyclic) bond motifs is 1. The van der Waals surface area contributed by atoms with Crippen molar-refractivity contribution in [2.75, 3.05) is 0 Å². The molecule has 1 aliphatic rings. The van der Waals surface area contributed by atoms with Crippen molar-refractivity contribution < 1.29 is 72.6 Å². The summed E-state index contributed by atoms with van der Waals surface area (Å²) in [5.74, 6) is 1.22. The van der Waals surface area contributed by atoms with Crippen molar-refractivity contribution in [2.45, 2.75) is 13.5 Å². The molecule has 0 spiro atoms. The first-order valence-electron chi connectivity index (χ1n) is 5.68. The molecular weight excluding hydrogens is 314 g/mol. The summed E-state index contributed by atoms with van der Waals surface area (Å²) >= 11 is 0. The van der Waals surface area contributed by atoms with Crippen LogP contribution in [0.4, 0.5) is 0 Å². The Bertz CT molecular complexity index is 594. The van der Waals surface area contributed by atoms with E-state index in [0.29, 0.717) is 18.2 Å². The summed E-state index contributed by atoms with van der Waals surface area (Å²) in [5.41, 5.74) is 2.69. The van der Waals surface area contributed by atoms with Gasteiger partial charge in [-0.05, 0) is 23.2 Å². The Labute approximate surface area is 161 Å². The van der Waals surface area contributed by atoms with E-state index in [0.717, 1.165) is 16.6 Å². The zero-order valence-corrected chi connectivity index (χ0v) is 15.8. The Balaban J connectivity index is 0.00000133. The molecule has 2 aromatic rings. The fourth-order valence-corrected chi connectivity index (χ4v) is 1.90. The SMILES string of the molecule is Cc1cc[c-]nc1Oc1ccc2c(c1)COB2O.[Rb+]. The van der Waals surface area contributed by atoms with Crippen LogP contribution in [-0.2, 0) is 11.3 Å². The van der Waals surface area contributed by atoms with E-state index in [2.05, 4.69) is 11.2 Å². The number of ether oxygens (including phenoxy) is 1. The third kappa shape index (κ3) is 3.35. The molecule has 90 valence electrons. The number of benzene rings is 1. The maximum Gasteiger partial charge on any atom is 1.00 e. The first-order valence-corrected chi connectivity index (χ1v) is 5.68. The number of aryl methyl sites for hydroxylation is 1. The van der Waals surface area contributed by atoms with E-state index in [1.807, 2.05) is 25.1 Å². The van der Waals surface area contributed by atoms with Crippen LogP contribution in [0, 0.1) is 13.1 Å². The second-order valence-electron chi connectivity index (χ2n) is 4.19. The number of hydrogen-bond acceptors (Lipinski definition) is 4. The maximum absolute atomic E-state index is 9.53. The Kier molecular flexibility index (Phi) is 5.34. The van der Waals surface area contributed by atoms with Crippen molar-refractivity contribution in [3.05, 3.63) is 47.7 Å². The minimum atomic E-state index is -0.820. The van der Waals surface area contributed by atoms with Crippen molar-refractivity contribution in [2.24, 2.45) is 0 Å². The molecule has 1 aliphatic heterocycles. The minimum absolute atomic E-state index is 0. The van der Waals surface area contributed by atoms with Gasteiger partial charge in [-0.1, -0.05) is 24.8 Å². The molecule has 3 rings (SSSR count). The molecule has 1 aromatic heterocycles. The van der Waals surface area contributed by atoms with Crippen LogP contribution in [0.5, 0.6) is 11.6 Å². The molecule has 1 aromatic carbocycles. The second-order valence-corrected chi connectivity index (χ2v) is 4.19. The number of pyridine rings is 1. The van der Waals surface area contributed by atoms with Gasteiger partial charge in [-0.2, -0.15) is 12.1 Å². The summed E-state index contributed by atoms with van der Waals surface area (Å²) in [6.07, 6.45) is 2.74. The molecule has 19 heavy (non-hydrogen) atoms. The summed E-state index contributed by atoms with van der Waals surface area (Å²) in [6.45, 7) is 2.33. The largest absolute Gasteiger partial charge is 1.00 e.